The van der Waals surface area contributed by atoms with Crippen molar-refractivity contribution < 1.29 is 9.53 Å². The van der Waals surface area contributed by atoms with Crippen molar-refractivity contribution in [2.75, 3.05) is 6.61 Å². The van der Waals surface area contributed by atoms with Crippen LogP contribution < -0.4 is 4.74 Å². The van der Waals surface area contributed by atoms with Gasteiger partial charge in [-0.05, 0) is 31.5 Å². The molecule has 110 valence electrons. The summed E-state index contributed by atoms with van der Waals surface area (Å²) in [5.41, 5.74) is 4.54. The summed E-state index contributed by atoms with van der Waals surface area (Å²) in [7, 11) is 1.86. The number of carbonyl (C=O) groups excluding carboxylic acids is 1. The zero-order valence-electron chi connectivity index (χ0n) is 12.4. The second kappa shape index (κ2) is 5.30. The first kappa shape index (κ1) is 14.3. The van der Waals surface area contributed by atoms with Crippen molar-refractivity contribution in [2.45, 2.75) is 26.7 Å². The van der Waals surface area contributed by atoms with Gasteiger partial charge in [0.15, 0.2) is 5.78 Å². The first-order valence-corrected chi connectivity index (χ1v) is 7.74. The topological polar surface area (TPSA) is 44.1 Å². The first-order chi connectivity index (χ1) is 9.97. The van der Waals surface area contributed by atoms with E-state index >= 15 is 0 Å². The third kappa shape index (κ3) is 2.50. The van der Waals surface area contributed by atoms with E-state index < -0.39 is 0 Å². The zero-order valence-corrected chi connectivity index (χ0v) is 14.0. The zero-order chi connectivity index (χ0) is 15.1. The minimum atomic E-state index is 0.0916. The molecule has 5 heteroatoms. The van der Waals surface area contributed by atoms with E-state index in [1.807, 2.05) is 27.0 Å². The smallest absolute Gasteiger partial charge is 0.171 e. The molecule has 0 saturated carbocycles. The molecule has 3 rings (SSSR count). The molecule has 1 aromatic heterocycles. The maximum Gasteiger partial charge on any atom is 0.171 e. The SMILES string of the molecule is Cc1nn(C)c(C)c1C(=O)Cc1cc(Br)cc2c1OCC2. The Balaban J connectivity index is 1.96. The number of ether oxygens (including phenoxy) is 1. The Morgan fingerprint density at radius 1 is 1.43 bits per heavy atom. The van der Waals surface area contributed by atoms with Crippen LogP contribution in [0.15, 0.2) is 16.6 Å². The quantitative estimate of drug-likeness (QED) is 0.800. The molecule has 0 aliphatic carbocycles. The predicted molar refractivity (Wildman–Crippen MR) is 84.1 cm³/mol. The van der Waals surface area contributed by atoms with Crippen LogP contribution in [0, 0.1) is 13.8 Å². The fraction of sp³-hybridized carbons (Fsp3) is 0.375. The van der Waals surface area contributed by atoms with E-state index in [4.69, 9.17) is 4.74 Å². The number of aryl methyl sites for hydroxylation is 2. The molecule has 2 aromatic rings. The third-order valence-electron chi connectivity index (χ3n) is 3.96. The summed E-state index contributed by atoms with van der Waals surface area (Å²) in [4.78, 5) is 12.7. The van der Waals surface area contributed by atoms with Gasteiger partial charge in [-0.1, -0.05) is 15.9 Å². The van der Waals surface area contributed by atoms with Crippen LogP contribution in [0.4, 0.5) is 0 Å². The Morgan fingerprint density at radius 3 is 2.86 bits per heavy atom. The number of fused-ring (bicyclic) bond motifs is 1. The molecule has 0 saturated heterocycles. The van der Waals surface area contributed by atoms with Gasteiger partial charge in [0.1, 0.15) is 5.75 Å². The number of halogens is 1. The van der Waals surface area contributed by atoms with E-state index in [1.54, 1.807) is 4.68 Å². The van der Waals surface area contributed by atoms with Gasteiger partial charge >= 0.3 is 0 Å². The Bertz CT molecular complexity index is 734. The van der Waals surface area contributed by atoms with Crippen LogP contribution in [0.2, 0.25) is 0 Å². The number of hydrogen-bond donors (Lipinski definition) is 0. The van der Waals surface area contributed by atoms with Gasteiger partial charge in [-0.3, -0.25) is 9.48 Å². The standard InChI is InChI=1S/C16H17BrN2O2/c1-9-15(10(2)19(3)18-9)14(20)8-12-7-13(17)6-11-4-5-21-16(11)12/h6-7H,4-5,8H2,1-3H3. The lowest BCUT2D eigenvalue weighted by Crippen LogP contribution is -2.08. The van der Waals surface area contributed by atoms with Gasteiger partial charge in [-0.2, -0.15) is 5.10 Å². The largest absolute Gasteiger partial charge is 0.493 e. The minimum absolute atomic E-state index is 0.0916. The molecule has 0 unspecified atom stereocenters. The molecular weight excluding hydrogens is 332 g/mol. The molecule has 0 spiro atoms. The molecule has 21 heavy (non-hydrogen) atoms. The van der Waals surface area contributed by atoms with E-state index in [0.29, 0.717) is 13.0 Å². The predicted octanol–water partition coefficient (Wildman–Crippen LogP) is 3.16. The molecular formula is C16H17BrN2O2. The van der Waals surface area contributed by atoms with Gasteiger partial charge in [0, 0.05) is 35.6 Å². The summed E-state index contributed by atoms with van der Waals surface area (Å²) in [5, 5.41) is 4.32. The highest BCUT2D eigenvalue weighted by molar-refractivity contribution is 9.10. The molecule has 0 N–H and O–H groups in total. The lowest BCUT2D eigenvalue weighted by Gasteiger charge is -2.09. The normalized spacial score (nSPS) is 13.1. The number of nitrogens with zero attached hydrogens (tertiary/aromatic N) is 2. The highest BCUT2D eigenvalue weighted by Crippen LogP contribution is 2.34. The average molecular weight is 349 g/mol. The molecule has 0 atom stereocenters. The van der Waals surface area contributed by atoms with Crippen molar-refractivity contribution in [3.05, 3.63) is 44.7 Å². The molecule has 0 amide bonds. The van der Waals surface area contributed by atoms with Gasteiger partial charge < -0.3 is 4.74 Å². The summed E-state index contributed by atoms with van der Waals surface area (Å²) in [5.74, 6) is 0.972. The lowest BCUT2D eigenvalue weighted by molar-refractivity contribution is 0.0990. The van der Waals surface area contributed by atoms with Gasteiger partial charge in [-0.25, -0.2) is 0 Å². The first-order valence-electron chi connectivity index (χ1n) is 6.95. The number of carbonyl (C=O) groups is 1. The third-order valence-corrected chi connectivity index (χ3v) is 4.42. The molecule has 0 radical (unpaired) electrons. The van der Waals surface area contributed by atoms with Crippen molar-refractivity contribution >= 4 is 21.7 Å². The van der Waals surface area contributed by atoms with E-state index in [1.165, 1.54) is 5.56 Å². The number of aromatic nitrogens is 2. The number of hydrogen-bond acceptors (Lipinski definition) is 3. The Morgan fingerprint density at radius 2 is 2.19 bits per heavy atom. The molecule has 1 aromatic carbocycles. The van der Waals surface area contributed by atoms with Crippen LogP contribution in [0.25, 0.3) is 0 Å². The van der Waals surface area contributed by atoms with Crippen molar-refractivity contribution in [1.29, 1.82) is 0 Å². The van der Waals surface area contributed by atoms with E-state index in [2.05, 4.69) is 27.1 Å². The molecule has 2 heterocycles. The van der Waals surface area contributed by atoms with Crippen LogP contribution >= 0.6 is 15.9 Å². The van der Waals surface area contributed by atoms with Crippen LogP contribution in [0.1, 0.15) is 32.9 Å². The fourth-order valence-corrected chi connectivity index (χ4v) is 3.47. The number of ketones is 1. The summed E-state index contributed by atoms with van der Waals surface area (Å²) < 4.78 is 8.44. The van der Waals surface area contributed by atoms with Gasteiger partial charge in [-0.15, -0.1) is 0 Å². The molecule has 1 aliphatic rings. The maximum absolute atomic E-state index is 12.7. The van der Waals surface area contributed by atoms with Gasteiger partial charge in [0.05, 0.1) is 17.9 Å². The molecule has 1 aliphatic heterocycles. The number of rotatable bonds is 3. The molecule has 0 fully saturated rings. The fourth-order valence-electron chi connectivity index (χ4n) is 2.92. The summed E-state index contributed by atoms with van der Waals surface area (Å²) >= 11 is 3.51. The minimum Gasteiger partial charge on any atom is -0.493 e. The molecule has 4 nitrogen and oxygen atoms in total. The van der Waals surface area contributed by atoms with Crippen LogP contribution in [-0.4, -0.2) is 22.2 Å². The van der Waals surface area contributed by atoms with Crippen LogP contribution in [-0.2, 0) is 19.9 Å². The highest BCUT2D eigenvalue weighted by Gasteiger charge is 2.22. The second-order valence-corrected chi connectivity index (χ2v) is 6.34. The number of Topliss-reactive ketones (excluding diaryl/α,β-unsaturated/α-hetero) is 1. The summed E-state index contributed by atoms with van der Waals surface area (Å²) in [6.45, 7) is 4.50. The van der Waals surface area contributed by atoms with Crippen molar-refractivity contribution in [3.8, 4) is 5.75 Å². The van der Waals surface area contributed by atoms with Crippen molar-refractivity contribution in [1.82, 2.24) is 9.78 Å². The lowest BCUT2D eigenvalue weighted by atomic mass is 9.99. The maximum atomic E-state index is 12.7. The average Bonchev–Trinajstić information content (AvgIpc) is 2.95. The highest BCUT2D eigenvalue weighted by atomic mass is 79.9. The Kier molecular flexibility index (Phi) is 3.61. The van der Waals surface area contributed by atoms with Gasteiger partial charge in [0.25, 0.3) is 0 Å². The van der Waals surface area contributed by atoms with Gasteiger partial charge in [0.2, 0.25) is 0 Å². The van der Waals surface area contributed by atoms with Crippen LogP contribution in [0.5, 0.6) is 5.75 Å². The monoisotopic (exact) mass is 348 g/mol. The van der Waals surface area contributed by atoms with Crippen molar-refractivity contribution in [3.63, 3.8) is 0 Å². The number of benzene rings is 1. The summed E-state index contributed by atoms with van der Waals surface area (Å²) in [6, 6.07) is 4.04. The molecule has 0 bridgehead atoms. The Hall–Kier alpha value is -1.62. The summed E-state index contributed by atoms with van der Waals surface area (Å²) in [6.07, 6.45) is 1.25. The van der Waals surface area contributed by atoms with E-state index in [-0.39, 0.29) is 5.78 Å². The van der Waals surface area contributed by atoms with E-state index in [9.17, 15) is 4.79 Å². The second-order valence-electron chi connectivity index (χ2n) is 5.42. The van der Waals surface area contributed by atoms with Crippen LogP contribution in [0.3, 0.4) is 0 Å². The van der Waals surface area contributed by atoms with Crippen molar-refractivity contribution in [2.24, 2.45) is 7.05 Å². The van der Waals surface area contributed by atoms with E-state index in [0.717, 1.165) is 39.2 Å². The Labute approximate surface area is 132 Å².